The van der Waals surface area contributed by atoms with Gasteiger partial charge in [-0.05, 0) is 39.0 Å². The number of aliphatic hydroxyl groups is 1. The van der Waals surface area contributed by atoms with Crippen LogP contribution in [0.5, 0.6) is 0 Å². The Balaban J connectivity index is 1.70. The maximum Gasteiger partial charge on any atom is 0.253 e. The van der Waals surface area contributed by atoms with Gasteiger partial charge in [-0.15, -0.1) is 5.10 Å². The minimum atomic E-state index is -0.479. The lowest BCUT2D eigenvalue weighted by Crippen LogP contribution is -2.12. The zero-order chi connectivity index (χ0) is 19.7. The highest BCUT2D eigenvalue weighted by Gasteiger charge is 2.10. The van der Waals surface area contributed by atoms with Crippen LogP contribution in [-0.4, -0.2) is 40.3 Å². The van der Waals surface area contributed by atoms with E-state index in [9.17, 15) is 5.11 Å². The molecular formula is C21H22N6O. The molecule has 3 aromatic heterocycles. The van der Waals surface area contributed by atoms with Gasteiger partial charge in [0, 0.05) is 29.7 Å². The van der Waals surface area contributed by atoms with E-state index in [0.717, 1.165) is 28.5 Å². The van der Waals surface area contributed by atoms with Crippen LogP contribution < -0.4 is 0 Å². The number of benzene rings is 1. The fourth-order valence-corrected chi connectivity index (χ4v) is 3.14. The van der Waals surface area contributed by atoms with Crippen molar-refractivity contribution < 1.29 is 5.11 Å². The molecular weight excluding hydrogens is 352 g/mol. The first-order valence-electron chi connectivity index (χ1n) is 9.19. The van der Waals surface area contributed by atoms with E-state index in [1.807, 2.05) is 73.2 Å². The average molecular weight is 374 g/mol. The fraction of sp³-hybridized carbons (Fsp3) is 0.238. The number of nitrogens with zero attached hydrogens (tertiary/aromatic N) is 6. The molecule has 7 heteroatoms. The number of imidazole rings is 1. The van der Waals surface area contributed by atoms with Gasteiger partial charge in [-0.1, -0.05) is 30.3 Å². The van der Waals surface area contributed by atoms with Crippen LogP contribution >= 0.6 is 0 Å². The number of hydrogen-bond acceptors (Lipinski definition) is 5. The van der Waals surface area contributed by atoms with Crippen molar-refractivity contribution in [3.05, 3.63) is 65.6 Å². The predicted molar refractivity (Wildman–Crippen MR) is 109 cm³/mol. The summed E-state index contributed by atoms with van der Waals surface area (Å²) in [6.45, 7) is 6.13. The zero-order valence-electron chi connectivity index (χ0n) is 16.1. The summed E-state index contributed by atoms with van der Waals surface area (Å²) in [5, 5.41) is 14.3. The summed E-state index contributed by atoms with van der Waals surface area (Å²) in [5.41, 5.74) is 3.78. The lowest BCUT2D eigenvalue weighted by molar-refractivity contribution is 0.173. The van der Waals surface area contributed by atoms with Crippen molar-refractivity contribution in [3.63, 3.8) is 0 Å². The summed E-state index contributed by atoms with van der Waals surface area (Å²) in [5.74, 6) is 1.88. The number of aliphatic hydroxyl groups excluding tert-OH is 1. The summed E-state index contributed by atoms with van der Waals surface area (Å²) >= 11 is 0. The van der Waals surface area contributed by atoms with E-state index in [4.69, 9.17) is 4.98 Å². The van der Waals surface area contributed by atoms with Crippen LogP contribution in [0.4, 0.5) is 0 Å². The number of aromatic nitrogens is 6. The minimum Gasteiger partial charge on any atom is -0.392 e. The Labute approximate surface area is 163 Å². The standard InChI is InChI=1S/C21H22N6O/c1-14-11-15(2)27-21(22-14)24-19(25-27)9-10-20-23-18(13-26(20)12-16(3)28)17-7-5-4-6-8-17/h4-11,13,16,28H,12H2,1-3H3/t16-/m1/s1. The molecule has 7 nitrogen and oxygen atoms in total. The van der Waals surface area contributed by atoms with Crippen molar-refractivity contribution in [1.29, 1.82) is 0 Å². The van der Waals surface area contributed by atoms with Gasteiger partial charge in [0.15, 0.2) is 5.82 Å². The van der Waals surface area contributed by atoms with Gasteiger partial charge in [0.1, 0.15) is 5.82 Å². The van der Waals surface area contributed by atoms with Crippen molar-refractivity contribution in [2.75, 3.05) is 0 Å². The number of fused-ring (bicyclic) bond motifs is 1. The van der Waals surface area contributed by atoms with E-state index in [2.05, 4.69) is 15.1 Å². The minimum absolute atomic E-state index is 0.456. The highest BCUT2D eigenvalue weighted by atomic mass is 16.3. The average Bonchev–Trinajstić information content (AvgIpc) is 3.24. The van der Waals surface area contributed by atoms with E-state index in [0.29, 0.717) is 18.1 Å². The first kappa shape index (κ1) is 18.1. The molecule has 0 bridgehead atoms. The predicted octanol–water partition coefficient (Wildman–Crippen LogP) is 3.16. The zero-order valence-corrected chi connectivity index (χ0v) is 16.1. The highest BCUT2D eigenvalue weighted by Crippen LogP contribution is 2.20. The molecule has 142 valence electrons. The summed E-state index contributed by atoms with van der Waals surface area (Å²) in [4.78, 5) is 13.6. The van der Waals surface area contributed by atoms with E-state index in [1.54, 1.807) is 11.4 Å². The van der Waals surface area contributed by atoms with Gasteiger partial charge >= 0.3 is 0 Å². The van der Waals surface area contributed by atoms with Gasteiger partial charge in [0.2, 0.25) is 0 Å². The lowest BCUT2D eigenvalue weighted by atomic mass is 10.2. The largest absolute Gasteiger partial charge is 0.392 e. The van der Waals surface area contributed by atoms with Crippen LogP contribution in [0.2, 0.25) is 0 Å². The molecule has 28 heavy (non-hydrogen) atoms. The maximum atomic E-state index is 9.84. The van der Waals surface area contributed by atoms with Crippen LogP contribution in [0.15, 0.2) is 42.6 Å². The first-order valence-corrected chi connectivity index (χ1v) is 9.19. The number of hydrogen-bond donors (Lipinski definition) is 1. The Kier molecular flexibility index (Phi) is 4.75. The quantitative estimate of drug-likeness (QED) is 0.580. The maximum absolute atomic E-state index is 9.84. The molecule has 0 aliphatic carbocycles. The Morgan fingerprint density at radius 2 is 1.86 bits per heavy atom. The van der Waals surface area contributed by atoms with Crippen molar-refractivity contribution >= 4 is 17.9 Å². The van der Waals surface area contributed by atoms with E-state index >= 15 is 0 Å². The van der Waals surface area contributed by atoms with Crippen molar-refractivity contribution in [2.24, 2.45) is 0 Å². The Morgan fingerprint density at radius 3 is 2.61 bits per heavy atom. The molecule has 0 radical (unpaired) electrons. The Bertz CT molecular complexity index is 1140. The molecule has 4 rings (SSSR count). The van der Waals surface area contributed by atoms with Crippen LogP contribution in [0, 0.1) is 13.8 Å². The highest BCUT2D eigenvalue weighted by molar-refractivity contribution is 5.67. The monoisotopic (exact) mass is 374 g/mol. The summed E-state index contributed by atoms with van der Waals surface area (Å²) in [7, 11) is 0. The van der Waals surface area contributed by atoms with E-state index < -0.39 is 6.10 Å². The summed E-state index contributed by atoms with van der Waals surface area (Å²) < 4.78 is 3.66. The normalized spacial score (nSPS) is 12.9. The molecule has 0 saturated carbocycles. The third kappa shape index (κ3) is 3.70. The third-order valence-corrected chi connectivity index (χ3v) is 4.35. The van der Waals surface area contributed by atoms with Gasteiger partial charge in [-0.25, -0.2) is 14.5 Å². The third-order valence-electron chi connectivity index (χ3n) is 4.35. The molecule has 0 aliphatic heterocycles. The van der Waals surface area contributed by atoms with E-state index in [1.165, 1.54) is 0 Å². The second-order valence-electron chi connectivity index (χ2n) is 6.91. The molecule has 0 fully saturated rings. The first-order chi connectivity index (χ1) is 13.5. The van der Waals surface area contributed by atoms with Gasteiger partial charge in [-0.2, -0.15) is 4.98 Å². The molecule has 1 aromatic carbocycles. The van der Waals surface area contributed by atoms with Crippen molar-refractivity contribution in [3.8, 4) is 11.3 Å². The Morgan fingerprint density at radius 1 is 1.07 bits per heavy atom. The van der Waals surface area contributed by atoms with E-state index in [-0.39, 0.29) is 0 Å². The van der Waals surface area contributed by atoms with Crippen LogP contribution in [-0.2, 0) is 6.54 Å². The molecule has 0 spiro atoms. The van der Waals surface area contributed by atoms with Gasteiger partial charge in [0.05, 0.1) is 11.8 Å². The summed E-state index contributed by atoms with van der Waals surface area (Å²) in [6.07, 6.45) is 5.16. The van der Waals surface area contributed by atoms with Crippen LogP contribution in [0.3, 0.4) is 0 Å². The van der Waals surface area contributed by atoms with Crippen molar-refractivity contribution in [1.82, 2.24) is 29.1 Å². The molecule has 3 heterocycles. The second kappa shape index (κ2) is 7.36. The lowest BCUT2D eigenvalue weighted by Gasteiger charge is -2.06. The number of rotatable bonds is 5. The second-order valence-corrected chi connectivity index (χ2v) is 6.91. The smallest absolute Gasteiger partial charge is 0.253 e. The van der Waals surface area contributed by atoms with Crippen LogP contribution in [0.1, 0.15) is 30.0 Å². The molecule has 0 aliphatic rings. The molecule has 0 amide bonds. The fourth-order valence-electron chi connectivity index (χ4n) is 3.14. The van der Waals surface area contributed by atoms with Gasteiger partial charge in [-0.3, -0.25) is 0 Å². The SMILES string of the molecule is Cc1cc(C)n2nc(C=Cc3nc(-c4ccccc4)cn3C[C@@H](C)O)nc2n1. The number of aryl methyl sites for hydroxylation is 2. The van der Waals surface area contributed by atoms with Gasteiger partial charge < -0.3 is 9.67 Å². The Hall–Kier alpha value is -3.32. The molecule has 4 aromatic rings. The topological polar surface area (TPSA) is 81.1 Å². The van der Waals surface area contributed by atoms with Gasteiger partial charge in [0.25, 0.3) is 5.78 Å². The summed E-state index contributed by atoms with van der Waals surface area (Å²) in [6, 6.07) is 11.9. The molecule has 0 unspecified atom stereocenters. The molecule has 1 N–H and O–H groups in total. The van der Waals surface area contributed by atoms with Crippen molar-refractivity contribution in [2.45, 2.75) is 33.4 Å². The molecule has 0 saturated heterocycles. The van der Waals surface area contributed by atoms with Crippen LogP contribution in [0.25, 0.3) is 29.2 Å². The molecule has 1 atom stereocenters.